The third-order valence-electron chi connectivity index (χ3n) is 4.08. The second-order valence-electron chi connectivity index (χ2n) is 6.01. The average molecular weight is 355 g/mol. The van der Waals surface area contributed by atoms with Crippen molar-refractivity contribution in [3.8, 4) is 0 Å². The minimum absolute atomic E-state index is 0.250. The van der Waals surface area contributed by atoms with Gasteiger partial charge in [0.25, 0.3) is 0 Å². The van der Waals surface area contributed by atoms with Crippen LogP contribution in [0.5, 0.6) is 0 Å². The van der Waals surface area contributed by atoms with Gasteiger partial charge in [-0.1, -0.05) is 86.4 Å². The minimum atomic E-state index is 0.250. The van der Waals surface area contributed by atoms with E-state index in [1.165, 1.54) is 62.5 Å². The molecule has 0 saturated heterocycles. The lowest BCUT2D eigenvalue weighted by Crippen LogP contribution is -2.28. The summed E-state index contributed by atoms with van der Waals surface area (Å²) in [7, 11) is 0. The number of aryl methyl sites for hydroxylation is 1. The zero-order valence-corrected chi connectivity index (χ0v) is 15.2. The first-order chi connectivity index (χ1) is 10.2. The zero-order valence-electron chi connectivity index (χ0n) is 13.6. The van der Waals surface area contributed by atoms with Gasteiger partial charge in [0, 0.05) is 10.5 Å². The Morgan fingerprint density at radius 1 is 1.05 bits per heavy atom. The third-order valence-corrected chi connectivity index (χ3v) is 4.77. The van der Waals surface area contributed by atoms with Gasteiger partial charge in [-0.25, -0.2) is 0 Å². The largest absolute Gasteiger partial charge is 0.271 e. The van der Waals surface area contributed by atoms with E-state index in [1.807, 2.05) is 0 Å². The maximum absolute atomic E-state index is 5.74. The molecular formula is C18H31BrN2. The van der Waals surface area contributed by atoms with E-state index in [-0.39, 0.29) is 6.04 Å². The van der Waals surface area contributed by atoms with Crippen molar-refractivity contribution >= 4 is 15.9 Å². The molecule has 1 aromatic rings. The first-order valence-electron chi connectivity index (χ1n) is 8.41. The van der Waals surface area contributed by atoms with Crippen molar-refractivity contribution in [3.05, 3.63) is 33.8 Å². The van der Waals surface area contributed by atoms with Crippen LogP contribution in [0.1, 0.15) is 81.9 Å². The summed E-state index contributed by atoms with van der Waals surface area (Å²) in [6, 6.07) is 6.74. The molecule has 0 aliphatic rings. The molecule has 1 aromatic carbocycles. The number of unbranched alkanes of at least 4 members (excludes halogenated alkanes) is 7. The van der Waals surface area contributed by atoms with E-state index in [0.717, 1.165) is 10.9 Å². The van der Waals surface area contributed by atoms with Gasteiger partial charge in [-0.15, -0.1) is 0 Å². The standard InChI is InChI=1S/C18H31BrN2/c1-3-4-5-6-7-8-9-10-11-18(21-20)16-13-12-15(2)14-17(16)19/h12-14,18,21H,3-11,20H2,1-2H3. The van der Waals surface area contributed by atoms with Gasteiger partial charge in [-0.05, 0) is 30.5 Å². The highest BCUT2D eigenvalue weighted by atomic mass is 79.9. The van der Waals surface area contributed by atoms with Crippen LogP contribution in [0.15, 0.2) is 22.7 Å². The highest BCUT2D eigenvalue weighted by molar-refractivity contribution is 9.10. The van der Waals surface area contributed by atoms with Crippen molar-refractivity contribution in [1.29, 1.82) is 0 Å². The van der Waals surface area contributed by atoms with Crippen LogP contribution in [0, 0.1) is 6.92 Å². The zero-order chi connectivity index (χ0) is 15.5. The molecule has 1 unspecified atom stereocenters. The number of hydrogen-bond acceptors (Lipinski definition) is 2. The summed E-state index contributed by atoms with van der Waals surface area (Å²) in [6.45, 7) is 4.38. The van der Waals surface area contributed by atoms with E-state index in [1.54, 1.807) is 0 Å². The maximum atomic E-state index is 5.74. The average Bonchev–Trinajstić information content (AvgIpc) is 2.47. The Balaban J connectivity index is 2.25. The monoisotopic (exact) mass is 354 g/mol. The van der Waals surface area contributed by atoms with Crippen LogP contribution in [0.2, 0.25) is 0 Å². The quantitative estimate of drug-likeness (QED) is 0.299. The predicted molar refractivity (Wildman–Crippen MR) is 96.2 cm³/mol. The fourth-order valence-corrected chi connectivity index (χ4v) is 3.50. The van der Waals surface area contributed by atoms with E-state index in [9.17, 15) is 0 Å². The number of halogens is 1. The van der Waals surface area contributed by atoms with Gasteiger partial charge in [-0.2, -0.15) is 0 Å². The number of benzene rings is 1. The van der Waals surface area contributed by atoms with Crippen molar-refractivity contribution < 1.29 is 0 Å². The first kappa shape index (κ1) is 18.7. The van der Waals surface area contributed by atoms with Crippen LogP contribution in [0.25, 0.3) is 0 Å². The number of hydrazine groups is 1. The lowest BCUT2D eigenvalue weighted by atomic mass is 9.99. The Hall–Kier alpha value is -0.380. The summed E-state index contributed by atoms with van der Waals surface area (Å²) in [5.41, 5.74) is 5.51. The maximum Gasteiger partial charge on any atom is 0.0471 e. The molecule has 21 heavy (non-hydrogen) atoms. The van der Waals surface area contributed by atoms with Gasteiger partial charge < -0.3 is 0 Å². The van der Waals surface area contributed by atoms with Crippen LogP contribution in [0.4, 0.5) is 0 Å². The highest BCUT2D eigenvalue weighted by Gasteiger charge is 2.12. The van der Waals surface area contributed by atoms with Gasteiger partial charge in [0.05, 0.1) is 0 Å². The Labute approximate surface area is 139 Å². The Morgan fingerprint density at radius 3 is 2.24 bits per heavy atom. The molecular weight excluding hydrogens is 324 g/mol. The Kier molecular flexibility index (Phi) is 9.98. The molecule has 0 radical (unpaired) electrons. The second-order valence-corrected chi connectivity index (χ2v) is 6.86. The Bertz CT molecular complexity index is 393. The van der Waals surface area contributed by atoms with Crippen molar-refractivity contribution in [2.24, 2.45) is 5.84 Å². The fourth-order valence-electron chi connectivity index (χ4n) is 2.73. The van der Waals surface area contributed by atoms with Gasteiger partial charge in [0.15, 0.2) is 0 Å². The second kappa shape index (κ2) is 11.2. The summed E-state index contributed by atoms with van der Waals surface area (Å²) in [5, 5.41) is 0. The van der Waals surface area contributed by atoms with Crippen molar-refractivity contribution in [2.45, 2.75) is 77.7 Å². The molecule has 0 saturated carbocycles. The van der Waals surface area contributed by atoms with E-state index < -0.39 is 0 Å². The molecule has 0 aliphatic carbocycles. The molecule has 2 nitrogen and oxygen atoms in total. The minimum Gasteiger partial charge on any atom is -0.271 e. The molecule has 0 spiro atoms. The van der Waals surface area contributed by atoms with Crippen LogP contribution < -0.4 is 11.3 Å². The molecule has 3 heteroatoms. The van der Waals surface area contributed by atoms with Crippen molar-refractivity contribution in [2.75, 3.05) is 0 Å². The molecule has 1 rings (SSSR count). The number of rotatable bonds is 11. The molecule has 1 atom stereocenters. The smallest absolute Gasteiger partial charge is 0.0471 e. The lowest BCUT2D eigenvalue weighted by Gasteiger charge is -2.18. The number of hydrogen-bond donors (Lipinski definition) is 2. The third kappa shape index (κ3) is 7.44. The van der Waals surface area contributed by atoms with Crippen LogP contribution in [-0.4, -0.2) is 0 Å². The molecule has 0 heterocycles. The van der Waals surface area contributed by atoms with Gasteiger partial charge >= 0.3 is 0 Å². The summed E-state index contributed by atoms with van der Waals surface area (Å²) < 4.78 is 1.16. The first-order valence-corrected chi connectivity index (χ1v) is 9.20. The van der Waals surface area contributed by atoms with E-state index in [4.69, 9.17) is 5.84 Å². The molecule has 0 aromatic heterocycles. The van der Waals surface area contributed by atoms with Crippen LogP contribution in [0.3, 0.4) is 0 Å². The molecule has 120 valence electrons. The Morgan fingerprint density at radius 2 is 1.67 bits per heavy atom. The summed E-state index contributed by atoms with van der Waals surface area (Å²) in [4.78, 5) is 0. The molecule has 3 N–H and O–H groups in total. The van der Waals surface area contributed by atoms with Crippen LogP contribution >= 0.6 is 15.9 Å². The summed E-state index contributed by atoms with van der Waals surface area (Å²) in [6.07, 6.45) is 11.9. The molecule has 0 aliphatic heterocycles. The van der Waals surface area contributed by atoms with Crippen molar-refractivity contribution in [3.63, 3.8) is 0 Å². The van der Waals surface area contributed by atoms with E-state index in [2.05, 4.69) is 53.4 Å². The molecule has 0 bridgehead atoms. The van der Waals surface area contributed by atoms with Crippen molar-refractivity contribution in [1.82, 2.24) is 5.43 Å². The number of nitrogens with one attached hydrogen (secondary N) is 1. The number of nitrogens with two attached hydrogens (primary N) is 1. The van der Waals surface area contributed by atoms with Gasteiger partial charge in [-0.3, -0.25) is 11.3 Å². The molecule has 0 fully saturated rings. The van der Waals surface area contributed by atoms with Gasteiger partial charge in [0.2, 0.25) is 0 Å². The summed E-state index contributed by atoms with van der Waals surface area (Å²) in [5.74, 6) is 5.74. The summed E-state index contributed by atoms with van der Waals surface area (Å²) >= 11 is 3.65. The topological polar surface area (TPSA) is 38.0 Å². The fraction of sp³-hybridized carbons (Fsp3) is 0.667. The van der Waals surface area contributed by atoms with Gasteiger partial charge in [0.1, 0.15) is 0 Å². The SMILES string of the molecule is CCCCCCCCCCC(NN)c1ccc(C)cc1Br. The molecule has 0 amide bonds. The lowest BCUT2D eigenvalue weighted by molar-refractivity contribution is 0.473. The van der Waals surface area contributed by atoms with Crippen LogP contribution in [-0.2, 0) is 0 Å². The normalized spacial score (nSPS) is 12.6. The van der Waals surface area contributed by atoms with E-state index >= 15 is 0 Å². The highest BCUT2D eigenvalue weighted by Crippen LogP contribution is 2.27. The van der Waals surface area contributed by atoms with E-state index in [0.29, 0.717) is 0 Å². The predicted octanol–water partition coefficient (Wildman–Crippen LogP) is 5.79.